The summed E-state index contributed by atoms with van der Waals surface area (Å²) in [6.07, 6.45) is 5.16. The first kappa shape index (κ1) is 12.9. The van der Waals surface area contributed by atoms with E-state index < -0.39 is 0 Å². The van der Waals surface area contributed by atoms with Crippen LogP contribution in [0.3, 0.4) is 0 Å². The Morgan fingerprint density at radius 1 is 1.11 bits per heavy atom. The fraction of sp³-hybridized carbons (Fsp3) is 0.533. The van der Waals surface area contributed by atoms with Gasteiger partial charge in [-0.05, 0) is 25.0 Å². The minimum absolute atomic E-state index is 0.0334. The number of carbonyl (C=O) groups excluding carboxylic acids is 1. The average molecular weight is 280 g/mol. The predicted octanol–water partition coefficient (Wildman–Crippen LogP) is 3.43. The van der Waals surface area contributed by atoms with E-state index in [0.717, 1.165) is 31.2 Å². The molecule has 0 aromatic heterocycles. The molecule has 1 N–H and O–H groups in total. The van der Waals surface area contributed by atoms with Crippen molar-refractivity contribution < 1.29 is 9.53 Å². The minimum Gasteiger partial charge on any atom is -0.350 e. The number of rotatable bonds is 1. The van der Waals surface area contributed by atoms with E-state index in [-0.39, 0.29) is 24.2 Å². The van der Waals surface area contributed by atoms with Gasteiger partial charge in [0.2, 0.25) is 5.91 Å². The molecule has 1 aliphatic carbocycles. The molecule has 0 bridgehead atoms. The van der Waals surface area contributed by atoms with Gasteiger partial charge in [-0.2, -0.15) is 0 Å². The zero-order valence-electron chi connectivity index (χ0n) is 10.8. The maximum Gasteiger partial charge on any atom is 0.227 e. The predicted molar refractivity (Wildman–Crippen MR) is 73.8 cm³/mol. The number of hydrogen-bond acceptors (Lipinski definition) is 2. The molecular weight excluding hydrogens is 262 g/mol. The molecule has 1 amide bonds. The summed E-state index contributed by atoms with van der Waals surface area (Å²) >= 11 is 5.88. The second-order valence-electron chi connectivity index (χ2n) is 5.36. The van der Waals surface area contributed by atoms with E-state index in [2.05, 4.69) is 5.32 Å². The Morgan fingerprint density at radius 3 is 2.63 bits per heavy atom. The Balaban J connectivity index is 1.78. The van der Waals surface area contributed by atoms with Gasteiger partial charge in [-0.25, -0.2) is 0 Å². The third-order valence-corrected chi connectivity index (χ3v) is 4.30. The van der Waals surface area contributed by atoms with Crippen LogP contribution in [-0.2, 0) is 9.53 Å². The number of benzene rings is 1. The molecule has 19 heavy (non-hydrogen) atoms. The van der Waals surface area contributed by atoms with Crippen molar-refractivity contribution in [1.29, 1.82) is 0 Å². The lowest BCUT2D eigenvalue weighted by Crippen LogP contribution is -2.48. The SMILES string of the molecule is O=C1N[C@H](c2ccc(Cl)cc2)O[C@H]2CCCCC[C@@H]12. The van der Waals surface area contributed by atoms with Gasteiger partial charge in [0.15, 0.2) is 6.23 Å². The number of halogens is 1. The number of fused-ring (bicyclic) bond motifs is 1. The van der Waals surface area contributed by atoms with Gasteiger partial charge in [-0.1, -0.05) is 43.0 Å². The summed E-state index contributed by atoms with van der Waals surface area (Å²) in [4.78, 5) is 12.2. The number of hydrogen-bond donors (Lipinski definition) is 1. The smallest absolute Gasteiger partial charge is 0.227 e. The molecule has 1 aromatic rings. The van der Waals surface area contributed by atoms with Gasteiger partial charge in [-0.3, -0.25) is 4.79 Å². The molecule has 1 heterocycles. The molecule has 0 radical (unpaired) electrons. The van der Waals surface area contributed by atoms with E-state index in [1.165, 1.54) is 6.42 Å². The molecule has 4 heteroatoms. The first-order chi connectivity index (χ1) is 9.24. The van der Waals surface area contributed by atoms with Crippen molar-refractivity contribution in [3.8, 4) is 0 Å². The first-order valence-electron chi connectivity index (χ1n) is 6.95. The van der Waals surface area contributed by atoms with Gasteiger partial charge in [-0.15, -0.1) is 0 Å². The first-order valence-corrected chi connectivity index (χ1v) is 7.33. The van der Waals surface area contributed by atoms with Gasteiger partial charge < -0.3 is 10.1 Å². The van der Waals surface area contributed by atoms with Gasteiger partial charge in [0, 0.05) is 10.6 Å². The summed E-state index contributed by atoms with van der Waals surface area (Å²) in [6.45, 7) is 0. The quantitative estimate of drug-likeness (QED) is 0.855. The maximum absolute atomic E-state index is 12.2. The third kappa shape index (κ3) is 2.77. The average Bonchev–Trinajstić information content (AvgIpc) is 2.65. The van der Waals surface area contributed by atoms with E-state index in [4.69, 9.17) is 16.3 Å². The van der Waals surface area contributed by atoms with E-state index in [1.807, 2.05) is 24.3 Å². The molecule has 0 unspecified atom stereocenters. The van der Waals surface area contributed by atoms with Crippen LogP contribution < -0.4 is 5.32 Å². The highest BCUT2D eigenvalue weighted by atomic mass is 35.5. The zero-order chi connectivity index (χ0) is 13.2. The second-order valence-corrected chi connectivity index (χ2v) is 5.80. The molecule has 3 atom stereocenters. The molecule has 3 nitrogen and oxygen atoms in total. The number of nitrogens with one attached hydrogen (secondary N) is 1. The van der Waals surface area contributed by atoms with Gasteiger partial charge >= 0.3 is 0 Å². The van der Waals surface area contributed by atoms with Crippen molar-refractivity contribution in [1.82, 2.24) is 5.32 Å². The highest BCUT2D eigenvalue weighted by Gasteiger charge is 2.38. The van der Waals surface area contributed by atoms with Crippen LogP contribution in [0.15, 0.2) is 24.3 Å². The van der Waals surface area contributed by atoms with Crippen molar-refractivity contribution in [2.24, 2.45) is 5.92 Å². The normalized spacial score (nSPS) is 31.2. The second kappa shape index (κ2) is 5.51. The summed E-state index contributed by atoms with van der Waals surface area (Å²) in [6, 6.07) is 7.46. The molecule has 102 valence electrons. The molecule has 1 saturated heterocycles. The van der Waals surface area contributed by atoms with Crippen molar-refractivity contribution in [3.05, 3.63) is 34.9 Å². The Bertz CT molecular complexity index is 460. The fourth-order valence-corrected chi connectivity index (χ4v) is 3.11. The van der Waals surface area contributed by atoms with Crippen LogP contribution in [0.5, 0.6) is 0 Å². The van der Waals surface area contributed by atoms with Crippen molar-refractivity contribution in [2.75, 3.05) is 0 Å². The lowest BCUT2D eigenvalue weighted by molar-refractivity contribution is -0.155. The molecule has 1 aromatic carbocycles. The fourth-order valence-electron chi connectivity index (χ4n) is 2.98. The molecule has 0 spiro atoms. The molecule has 1 saturated carbocycles. The Labute approximate surface area is 118 Å². The summed E-state index contributed by atoms with van der Waals surface area (Å²) in [5, 5.41) is 3.67. The topological polar surface area (TPSA) is 38.3 Å². The van der Waals surface area contributed by atoms with Crippen molar-refractivity contribution in [3.63, 3.8) is 0 Å². The summed E-state index contributed by atoms with van der Waals surface area (Å²) in [5.74, 6) is 0.171. The number of amides is 1. The third-order valence-electron chi connectivity index (χ3n) is 4.05. The van der Waals surface area contributed by atoms with Crippen LogP contribution in [-0.4, -0.2) is 12.0 Å². The van der Waals surface area contributed by atoms with E-state index in [1.54, 1.807) is 0 Å². The van der Waals surface area contributed by atoms with Gasteiger partial charge in [0.25, 0.3) is 0 Å². The minimum atomic E-state index is -0.330. The molecule has 3 rings (SSSR count). The highest BCUT2D eigenvalue weighted by molar-refractivity contribution is 6.30. The Kier molecular flexibility index (Phi) is 3.76. The highest BCUT2D eigenvalue weighted by Crippen LogP contribution is 2.33. The van der Waals surface area contributed by atoms with Crippen LogP contribution in [0.4, 0.5) is 0 Å². The van der Waals surface area contributed by atoms with Crippen LogP contribution in [0, 0.1) is 5.92 Å². The monoisotopic (exact) mass is 279 g/mol. The Hall–Kier alpha value is -1.06. The van der Waals surface area contributed by atoms with Crippen LogP contribution >= 0.6 is 11.6 Å². The molecule has 2 aliphatic rings. The lowest BCUT2D eigenvalue weighted by Gasteiger charge is -2.35. The van der Waals surface area contributed by atoms with E-state index >= 15 is 0 Å². The summed E-state index contributed by atoms with van der Waals surface area (Å²) in [5.41, 5.74) is 0.959. The number of carbonyl (C=O) groups is 1. The van der Waals surface area contributed by atoms with Crippen molar-refractivity contribution >= 4 is 17.5 Å². The lowest BCUT2D eigenvalue weighted by atomic mass is 9.94. The van der Waals surface area contributed by atoms with Crippen LogP contribution in [0.25, 0.3) is 0 Å². The van der Waals surface area contributed by atoms with Crippen LogP contribution in [0.2, 0.25) is 5.02 Å². The van der Waals surface area contributed by atoms with Crippen molar-refractivity contribution in [2.45, 2.75) is 44.4 Å². The molecular formula is C15H18ClNO2. The molecule has 1 aliphatic heterocycles. The summed E-state index contributed by atoms with van der Waals surface area (Å²) < 4.78 is 6.09. The molecule has 2 fully saturated rings. The standard InChI is InChI=1S/C15H18ClNO2/c16-11-8-6-10(7-9-11)15-17-14(18)12-4-2-1-3-5-13(12)19-15/h6-9,12-13,15H,1-5H2,(H,17,18)/t12-,13+,15+/m1/s1. The van der Waals surface area contributed by atoms with Gasteiger partial charge in [0.1, 0.15) is 0 Å². The van der Waals surface area contributed by atoms with Gasteiger partial charge in [0.05, 0.1) is 12.0 Å². The van der Waals surface area contributed by atoms with Crippen LogP contribution in [0.1, 0.15) is 43.9 Å². The summed E-state index contributed by atoms with van der Waals surface area (Å²) in [7, 11) is 0. The maximum atomic E-state index is 12.2. The largest absolute Gasteiger partial charge is 0.350 e. The Morgan fingerprint density at radius 2 is 1.84 bits per heavy atom. The van der Waals surface area contributed by atoms with E-state index in [9.17, 15) is 4.79 Å². The zero-order valence-corrected chi connectivity index (χ0v) is 11.5. The van der Waals surface area contributed by atoms with E-state index in [0.29, 0.717) is 5.02 Å². The number of ether oxygens (including phenoxy) is 1.